The SMILES string of the molecule is Cc1cccc(NC(=O)c2ccccc2NC(=O)Cc2csc(COc3ccc(F)cc3)n2)c1. The van der Waals surface area contributed by atoms with Crippen LogP contribution in [0.2, 0.25) is 0 Å². The molecular weight excluding hydrogens is 453 g/mol. The number of hydrogen-bond acceptors (Lipinski definition) is 5. The number of thiazole rings is 1. The smallest absolute Gasteiger partial charge is 0.257 e. The number of rotatable bonds is 8. The number of aromatic nitrogens is 1. The second-order valence-corrected chi connectivity index (χ2v) is 8.51. The molecule has 8 heteroatoms. The topological polar surface area (TPSA) is 80.3 Å². The van der Waals surface area contributed by atoms with Crippen LogP contribution in [0.1, 0.15) is 26.6 Å². The minimum atomic E-state index is -0.330. The number of benzene rings is 3. The fraction of sp³-hybridized carbons (Fsp3) is 0.115. The number of aryl methyl sites for hydroxylation is 1. The highest BCUT2D eigenvalue weighted by atomic mass is 32.1. The molecule has 4 aromatic rings. The maximum Gasteiger partial charge on any atom is 0.257 e. The van der Waals surface area contributed by atoms with Gasteiger partial charge in [-0.25, -0.2) is 9.37 Å². The van der Waals surface area contributed by atoms with Gasteiger partial charge in [0.05, 0.1) is 23.4 Å². The predicted octanol–water partition coefficient (Wildman–Crippen LogP) is 5.60. The Morgan fingerprint density at radius 3 is 2.59 bits per heavy atom. The summed E-state index contributed by atoms with van der Waals surface area (Å²) in [5.74, 6) is -0.386. The van der Waals surface area contributed by atoms with E-state index >= 15 is 0 Å². The fourth-order valence-corrected chi connectivity index (χ4v) is 3.95. The molecule has 0 saturated heterocycles. The van der Waals surface area contributed by atoms with Crippen molar-refractivity contribution >= 4 is 34.5 Å². The first-order valence-electron chi connectivity index (χ1n) is 10.5. The van der Waals surface area contributed by atoms with E-state index in [1.165, 1.54) is 23.5 Å². The van der Waals surface area contributed by atoms with Crippen LogP contribution < -0.4 is 15.4 Å². The second-order valence-electron chi connectivity index (χ2n) is 7.57. The molecule has 0 aliphatic carbocycles. The zero-order valence-electron chi connectivity index (χ0n) is 18.4. The van der Waals surface area contributed by atoms with Crippen molar-refractivity contribution in [3.63, 3.8) is 0 Å². The third kappa shape index (κ3) is 6.26. The van der Waals surface area contributed by atoms with Gasteiger partial charge < -0.3 is 15.4 Å². The van der Waals surface area contributed by atoms with Crippen LogP contribution in [0.4, 0.5) is 15.8 Å². The Kier molecular flexibility index (Phi) is 7.29. The highest BCUT2D eigenvalue weighted by Crippen LogP contribution is 2.20. The lowest BCUT2D eigenvalue weighted by atomic mass is 10.1. The molecule has 0 aliphatic rings. The molecule has 0 aliphatic heterocycles. The van der Waals surface area contributed by atoms with Crippen molar-refractivity contribution < 1.29 is 18.7 Å². The van der Waals surface area contributed by atoms with Crippen LogP contribution in [0.15, 0.2) is 78.2 Å². The van der Waals surface area contributed by atoms with Gasteiger partial charge >= 0.3 is 0 Å². The van der Waals surface area contributed by atoms with E-state index in [0.717, 1.165) is 5.56 Å². The van der Waals surface area contributed by atoms with Crippen LogP contribution in [-0.4, -0.2) is 16.8 Å². The number of anilines is 2. The minimum Gasteiger partial charge on any atom is -0.486 e. The van der Waals surface area contributed by atoms with Gasteiger partial charge in [-0.1, -0.05) is 24.3 Å². The van der Waals surface area contributed by atoms with Crippen LogP contribution in [0, 0.1) is 12.7 Å². The summed E-state index contributed by atoms with van der Waals surface area (Å²) in [5, 5.41) is 8.16. The number of nitrogens with zero attached hydrogens (tertiary/aromatic N) is 1. The molecule has 4 rings (SSSR count). The Labute approximate surface area is 200 Å². The zero-order chi connectivity index (χ0) is 23.9. The molecule has 1 aromatic heterocycles. The third-order valence-corrected chi connectivity index (χ3v) is 5.71. The van der Waals surface area contributed by atoms with Gasteiger partial charge in [0, 0.05) is 11.1 Å². The summed E-state index contributed by atoms with van der Waals surface area (Å²) in [5.41, 5.74) is 3.10. The average molecular weight is 476 g/mol. The molecule has 0 atom stereocenters. The summed E-state index contributed by atoms with van der Waals surface area (Å²) in [4.78, 5) is 29.8. The highest BCUT2D eigenvalue weighted by molar-refractivity contribution is 7.09. The average Bonchev–Trinajstić information content (AvgIpc) is 3.26. The molecule has 2 N–H and O–H groups in total. The summed E-state index contributed by atoms with van der Waals surface area (Å²) in [6.07, 6.45) is 0.0564. The van der Waals surface area contributed by atoms with Crippen molar-refractivity contribution in [2.75, 3.05) is 10.6 Å². The van der Waals surface area contributed by atoms with Gasteiger partial charge in [-0.2, -0.15) is 0 Å². The Morgan fingerprint density at radius 2 is 1.79 bits per heavy atom. The van der Waals surface area contributed by atoms with Crippen LogP contribution in [-0.2, 0) is 17.8 Å². The molecule has 6 nitrogen and oxygen atoms in total. The number of hydrogen-bond donors (Lipinski definition) is 2. The van der Waals surface area contributed by atoms with E-state index in [9.17, 15) is 14.0 Å². The second kappa shape index (κ2) is 10.7. The number of para-hydroxylation sites is 1. The number of amides is 2. The first-order valence-corrected chi connectivity index (χ1v) is 11.4. The maximum atomic E-state index is 13.0. The van der Waals surface area contributed by atoms with Crippen molar-refractivity contribution in [3.05, 3.63) is 106 Å². The number of carbonyl (C=O) groups excluding carboxylic acids is 2. The lowest BCUT2D eigenvalue weighted by Crippen LogP contribution is -2.19. The van der Waals surface area contributed by atoms with Gasteiger partial charge in [-0.3, -0.25) is 9.59 Å². The molecule has 0 spiro atoms. The number of ether oxygens (including phenoxy) is 1. The Balaban J connectivity index is 1.35. The van der Waals surface area contributed by atoms with E-state index in [-0.39, 0.29) is 30.7 Å². The van der Waals surface area contributed by atoms with Crippen LogP contribution in [0.5, 0.6) is 5.75 Å². The van der Waals surface area contributed by atoms with E-state index in [1.807, 2.05) is 31.2 Å². The molecule has 0 unspecified atom stereocenters. The Morgan fingerprint density at radius 1 is 1.00 bits per heavy atom. The summed E-state index contributed by atoms with van der Waals surface area (Å²) >= 11 is 1.38. The highest BCUT2D eigenvalue weighted by Gasteiger charge is 2.15. The van der Waals surface area contributed by atoms with Gasteiger partial charge in [0.15, 0.2) is 0 Å². The van der Waals surface area contributed by atoms with Gasteiger partial charge in [0.25, 0.3) is 5.91 Å². The first kappa shape index (κ1) is 23.1. The fourth-order valence-electron chi connectivity index (χ4n) is 3.24. The molecule has 34 heavy (non-hydrogen) atoms. The minimum absolute atomic E-state index is 0.0564. The quantitative estimate of drug-likeness (QED) is 0.348. The van der Waals surface area contributed by atoms with Crippen molar-refractivity contribution in [2.24, 2.45) is 0 Å². The normalized spacial score (nSPS) is 10.5. The van der Waals surface area contributed by atoms with E-state index in [2.05, 4.69) is 15.6 Å². The summed E-state index contributed by atoms with van der Waals surface area (Å²) in [6.45, 7) is 2.17. The first-order chi connectivity index (χ1) is 16.5. The molecular formula is C26H22FN3O3S. The summed E-state index contributed by atoms with van der Waals surface area (Å²) in [6, 6.07) is 20.1. The lowest BCUT2D eigenvalue weighted by Gasteiger charge is -2.11. The van der Waals surface area contributed by atoms with E-state index < -0.39 is 0 Å². The van der Waals surface area contributed by atoms with Gasteiger partial charge in [-0.15, -0.1) is 11.3 Å². The Bertz CT molecular complexity index is 1300. The van der Waals surface area contributed by atoms with E-state index in [4.69, 9.17) is 4.74 Å². The Hall–Kier alpha value is -4.04. The van der Waals surface area contributed by atoms with Gasteiger partial charge in [-0.05, 0) is 61.0 Å². The van der Waals surface area contributed by atoms with Crippen LogP contribution >= 0.6 is 11.3 Å². The maximum absolute atomic E-state index is 13.0. The summed E-state index contributed by atoms with van der Waals surface area (Å²) < 4.78 is 18.6. The summed E-state index contributed by atoms with van der Waals surface area (Å²) in [7, 11) is 0. The lowest BCUT2D eigenvalue weighted by molar-refractivity contribution is -0.115. The van der Waals surface area contributed by atoms with Crippen molar-refractivity contribution in [3.8, 4) is 5.75 Å². The molecule has 2 amide bonds. The van der Waals surface area contributed by atoms with Crippen molar-refractivity contribution in [1.82, 2.24) is 4.98 Å². The van der Waals surface area contributed by atoms with Gasteiger partial charge in [0.1, 0.15) is 23.2 Å². The molecule has 0 fully saturated rings. The molecule has 172 valence electrons. The van der Waals surface area contributed by atoms with Crippen LogP contribution in [0.25, 0.3) is 0 Å². The van der Waals surface area contributed by atoms with Gasteiger partial charge in [0.2, 0.25) is 5.91 Å². The number of halogens is 1. The predicted molar refractivity (Wildman–Crippen MR) is 131 cm³/mol. The number of nitrogens with one attached hydrogen (secondary N) is 2. The van der Waals surface area contributed by atoms with E-state index in [0.29, 0.717) is 33.4 Å². The third-order valence-electron chi connectivity index (χ3n) is 4.84. The molecule has 0 bridgehead atoms. The number of carbonyl (C=O) groups is 2. The monoisotopic (exact) mass is 475 g/mol. The largest absolute Gasteiger partial charge is 0.486 e. The standard InChI is InChI=1S/C26H22FN3O3S/c1-17-5-4-6-19(13-17)29-26(32)22-7-2-3-8-23(22)30-24(31)14-20-16-34-25(28-20)15-33-21-11-9-18(27)10-12-21/h2-13,16H,14-15H2,1H3,(H,29,32)(H,30,31). The molecule has 0 saturated carbocycles. The van der Waals surface area contributed by atoms with Crippen molar-refractivity contribution in [2.45, 2.75) is 20.0 Å². The molecule has 3 aromatic carbocycles. The molecule has 0 radical (unpaired) electrons. The van der Waals surface area contributed by atoms with Crippen molar-refractivity contribution in [1.29, 1.82) is 0 Å². The molecule has 1 heterocycles. The van der Waals surface area contributed by atoms with E-state index in [1.54, 1.807) is 41.8 Å². The zero-order valence-corrected chi connectivity index (χ0v) is 19.2. The van der Waals surface area contributed by atoms with Crippen LogP contribution in [0.3, 0.4) is 0 Å².